The summed E-state index contributed by atoms with van der Waals surface area (Å²) in [5.74, 6) is 0. The monoisotopic (exact) mass is 460 g/mol. The third-order valence-corrected chi connectivity index (χ3v) is 5.45. The van der Waals surface area contributed by atoms with Crippen LogP contribution >= 0.6 is 0 Å². The molecule has 0 saturated carbocycles. The smallest absolute Gasteiger partial charge is 0.258 e. The minimum absolute atomic E-state index is 0.0355. The van der Waals surface area contributed by atoms with Crippen molar-refractivity contribution in [2.75, 3.05) is 0 Å². The molecule has 0 spiro atoms. The van der Waals surface area contributed by atoms with Crippen molar-refractivity contribution in [3.05, 3.63) is 92.3 Å². The van der Waals surface area contributed by atoms with E-state index in [0.717, 1.165) is 24.2 Å². The molecular formula is C24H24N6O4. The summed E-state index contributed by atoms with van der Waals surface area (Å²) in [6, 6.07) is 16.7. The fourth-order valence-electron chi connectivity index (χ4n) is 3.97. The van der Waals surface area contributed by atoms with Gasteiger partial charge in [0.1, 0.15) is 22.8 Å². The van der Waals surface area contributed by atoms with Gasteiger partial charge >= 0.3 is 0 Å². The van der Waals surface area contributed by atoms with Crippen LogP contribution in [0.15, 0.2) is 60.7 Å². The Kier molecular flexibility index (Phi) is 6.48. The average molecular weight is 460 g/mol. The van der Waals surface area contributed by atoms with Crippen LogP contribution in [0.25, 0.3) is 22.8 Å². The molecule has 0 unspecified atom stereocenters. The molecule has 0 aliphatic rings. The van der Waals surface area contributed by atoms with Gasteiger partial charge in [0.2, 0.25) is 0 Å². The third-order valence-electron chi connectivity index (χ3n) is 5.45. The van der Waals surface area contributed by atoms with Gasteiger partial charge < -0.3 is 0 Å². The minimum atomic E-state index is -0.422. The lowest BCUT2D eigenvalue weighted by Gasteiger charge is -2.07. The molecule has 2 aromatic carbocycles. The van der Waals surface area contributed by atoms with Gasteiger partial charge in [-0.25, -0.2) is 9.36 Å². The van der Waals surface area contributed by atoms with E-state index in [1.807, 2.05) is 26.0 Å². The Morgan fingerprint density at radius 2 is 1.09 bits per heavy atom. The molecule has 10 nitrogen and oxygen atoms in total. The van der Waals surface area contributed by atoms with Crippen LogP contribution in [0.2, 0.25) is 0 Å². The van der Waals surface area contributed by atoms with Gasteiger partial charge in [-0.2, -0.15) is 10.2 Å². The van der Waals surface area contributed by atoms with E-state index in [9.17, 15) is 20.2 Å². The predicted octanol–water partition coefficient (Wildman–Crippen LogP) is 5.45. The van der Waals surface area contributed by atoms with E-state index in [1.54, 1.807) is 45.8 Å². The quantitative estimate of drug-likeness (QED) is 0.242. The molecular weight excluding hydrogens is 436 g/mol. The van der Waals surface area contributed by atoms with Crippen LogP contribution in [0.3, 0.4) is 0 Å². The van der Waals surface area contributed by atoms with Gasteiger partial charge in [0.25, 0.3) is 11.4 Å². The zero-order chi connectivity index (χ0) is 24.2. The summed E-state index contributed by atoms with van der Waals surface area (Å²) in [5, 5.41) is 32.6. The molecule has 0 saturated heterocycles. The molecule has 0 atom stereocenters. The first-order valence-corrected chi connectivity index (χ1v) is 11.1. The van der Waals surface area contributed by atoms with Gasteiger partial charge in [-0.15, -0.1) is 0 Å². The van der Waals surface area contributed by atoms with Crippen molar-refractivity contribution in [3.63, 3.8) is 0 Å². The second-order valence-corrected chi connectivity index (χ2v) is 7.86. The molecule has 0 amide bonds. The number of hydrogen-bond acceptors (Lipinski definition) is 6. The summed E-state index contributed by atoms with van der Waals surface area (Å²) in [4.78, 5) is 22.4. The fraction of sp³-hybridized carbons (Fsp3) is 0.250. The largest absolute Gasteiger partial charge is 0.294 e. The molecule has 10 heteroatoms. The normalized spacial score (nSPS) is 11.0. The molecule has 4 rings (SSSR count). The lowest BCUT2D eigenvalue weighted by atomic mass is 10.2. The molecule has 0 fully saturated rings. The van der Waals surface area contributed by atoms with Crippen molar-refractivity contribution in [1.82, 2.24) is 19.6 Å². The SMILES string of the molecule is CCCc1cc(-c2cc(CCC)n(-c3ccccc3[N+](=O)[O-])n2)nn1-c1ccccc1[N+](=O)[O-]. The molecule has 4 aromatic rings. The number of benzene rings is 2. The van der Waals surface area contributed by atoms with Gasteiger partial charge in [0, 0.05) is 23.5 Å². The summed E-state index contributed by atoms with van der Waals surface area (Å²) >= 11 is 0. The van der Waals surface area contributed by atoms with E-state index in [2.05, 4.69) is 10.2 Å². The highest BCUT2D eigenvalue weighted by Crippen LogP contribution is 2.30. The topological polar surface area (TPSA) is 122 Å². The summed E-state index contributed by atoms with van der Waals surface area (Å²) in [6.45, 7) is 4.05. The first-order valence-electron chi connectivity index (χ1n) is 11.1. The van der Waals surface area contributed by atoms with Crippen molar-refractivity contribution in [3.8, 4) is 22.8 Å². The maximum atomic E-state index is 11.6. The Bertz CT molecular complexity index is 1250. The molecule has 2 aromatic heterocycles. The number of hydrogen-bond donors (Lipinski definition) is 0. The summed E-state index contributed by atoms with van der Waals surface area (Å²) < 4.78 is 3.20. The highest BCUT2D eigenvalue weighted by molar-refractivity contribution is 5.61. The Hall–Kier alpha value is -4.34. The van der Waals surface area contributed by atoms with E-state index in [4.69, 9.17) is 0 Å². The molecule has 0 N–H and O–H groups in total. The molecule has 0 radical (unpaired) electrons. The standard InChI is InChI=1S/C24H24N6O4/c1-3-9-17-15-19(25-27(17)21-11-5-7-13-23(21)29(31)32)20-16-18(10-4-2)28(26-20)22-12-6-8-14-24(22)30(33)34/h5-8,11-16H,3-4,9-10H2,1-2H3. The van der Waals surface area contributed by atoms with Crippen LogP contribution in [-0.2, 0) is 12.8 Å². The molecule has 0 bridgehead atoms. The highest BCUT2D eigenvalue weighted by Gasteiger charge is 2.23. The Labute approximate surface area is 195 Å². The lowest BCUT2D eigenvalue weighted by molar-refractivity contribution is -0.384. The number of nitro groups is 2. The minimum Gasteiger partial charge on any atom is -0.258 e. The van der Waals surface area contributed by atoms with Crippen LogP contribution in [0.5, 0.6) is 0 Å². The van der Waals surface area contributed by atoms with Crippen LogP contribution in [0.1, 0.15) is 38.1 Å². The number of para-hydroxylation sites is 4. The molecule has 2 heterocycles. The Morgan fingerprint density at radius 1 is 0.706 bits per heavy atom. The maximum Gasteiger partial charge on any atom is 0.294 e. The van der Waals surface area contributed by atoms with E-state index in [1.165, 1.54) is 12.1 Å². The van der Waals surface area contributed by atoms with Gasteiger partial charge in [-0.05, 0) is 37.1 Å². The fourth-order valence-corrected chi connectivity index (χ4v) is 3.97. The van der Waals surface area contributed by atoms with Crippen molar-refractivity contribution in [2.24, 2.45) is 0 Å². The van der Waals surface area contributed by atoms with Crippen molar-refractivity contribution in [2.45, 2.75) is 39.5 Å². The third kappa shape index (κ3) is 4.29. The van der Waals surface area contributed by atoms with Crippen molar-refractivity contribution < 1.29 is 9.85 Å². The summed E-state index contributed by atoms with van der Waals surface area (Å²) in [6.07, 6.45) is 3.01. The number of rotatable bonds is 9. The molecule has 34 heavy (non-hydrogen) atoms. The van der Waals surface area contributed by atoms with Crippen LogP contribution < -0.4 is 0 Å². The van der Waals surface area contributed by atoms with Gasteiger partial charge in [-0.3, -0.25) is 20.2 Å². The number of nitrogens with zero attached hydrogens (tertiary/aromatic N) is 6. The highest BCUT2D eigenvalue weighted by atomic mass is 16.6. The van der Waals surface area contributed by atoms with Gasteiger partial charge in [-0.1, -0.05) is 51.0 Å². The van der Waals surface area contributed by atoms with E-state index in [-0.39, 0.29) is 11.4 Å². The summed E-state index contributed by atoms with van der Waals surface area (Å²) in [5.41, 5.74) is 3.45. The lowest BCUT2D eigenvalue weighted by Crippen LogP contribution is -2.06. The maximum absolute atomic E-state index is 11.6. The Morgan fingerprint density at radius 3 is 1.44 bits per heavy atom. The van der Waals surface area contributed by atoms with Gasteiger partial charge in [0.05, 0.1) is 9.85 Å². The molecule has 0 aliphatic carbocycles. The second-order valence-electron chi connectivity index (χ2n) is 7.86. The number of aromatic nitrogens is 4. The van der Waals surface area contributed by atoms with Crippen molar-refractivity contribution in [1.29, 1.82) is 0 Å². The van der Waals surface area contributed by atoms with E-state index < -0.39 is 9.85 Å². The first-order chi connectivity index (χ1) is 16.4. The van der Waals surface area contributed by atoms with E-state index >= 15 is 0 Å². The summed E-state index contributed by atoms with van der Waals surface area (Å²) in [7, 11) is 0. The second kappa shape index (κ2) is 9.65. The van der Waals surface area contributed by atoms with Gasteiger partial charge in [0.15, 0.2) is 0 Å². The number of aryl methyl sites for hydroxylation is 2. The Balaban J connectivity index is 1.87. The van der Waals surface area contributed by atoms with Crippen LogP contribution in [0, 0.1) is 20.2 Å². The van der Waals surface area contributed by atoms with Crippen molar-refractivity contribution >= 4 is 11.4 Å². The zero-order valence-corrected chi connectivity index (χ0v) is 18.9. The van der Waals surface area contributed by atoms with Crippen LogP contribution in [-0.4, -0.2) is 29.4 Å². The molecule has 0 aliphatic heterocycles. The first kappa shape index (κ1) is 22.8. The predicted molar refractivity (Wildman–Crippen MR) is 127 cm³/mol. The number of nitro benzene ring substituents is 2. The van der Waals surface area contributed by atoms with E-state index in [0.29, 0.717) is 35.6 Å². The van der Waals surface area contributed by atoms with Crippen LogP contribution in [0.4, 0.5) is 11.4 Å². The zero-order valence-electron chi connectivity index (χ0n) is 18.9. The average Bonchev–Trinajstić information content (AvgIpc) is 3.44. The molecule has 174 valence electrons.